The first kappa shape index (κ1) is 14.7. The molecule has 5 heteroatoms. The van der Waals surface area contributed by atoms with Crippen molar-refractivity contribution < 1.29 is 8.42 Å². The molecule has 0 aliphatic heterocycles. The van der Waals surface area contributed by atoms with Crippen LogP contribution < -0.4 is 4.72 Å². The molecule has 0 aromatic heterocycles. The lowest BCUT2D eigenvalue weighted by Gasteiger charge is -2.13. The molecule has 0 amide bonds. The molecular formula is C13H18N2O2S. The van der Waals surface area contributed by atoms with Crippen LogP contribution in [0.15, 0.2) is 30.3 Å². The molecule has 1 aromatic carbocycles. The zero-order chi connectivity index (χ0) is 13.6. The molecule has 1 aromatic rings. The smallest absolute Gasteiger partial charge is 0.212 e. The van der Waals surface area contributed by atoms with E-state index >= 15 is 0 Å². The lowest BCUT2D eigenvalue weighted by atomic mass is 10.1. The third-order valence-electron chi connectivity index (χ3n) is 2.52. The highest BCUT2D eigenvalue weighted by molar-refractivity contribution is 7.89. The van der Waals surface area contributed by atoms with Crippen molar-refractivity contribution >= 4 is 10.0 Å². The van der Waals surface area contributed by atoms with E-state index in [0.717, 1.165) is 0 Å². The zero-order valence-electron chi connectivity index (χ0n) is 10.6. The molecule has 18 heavy (non-hydrogen) atoms. The van der Waals surface area contributed by atoms with E-state index in [4.69, 9.17) is 5.26 Å². The Kier molecular flexibility index (Phi) is 5.32. The number of hydrogen-bond acceptors (Lipinski definition) is 3. The first-order valence-electron chi connectivity index (χ1n) is 5.89. The molecule has 1 atom stereocenters. The van der Waals surface area contributed by atoms with E-state index in [9.17, 15) is 8.42 Å². The minimum Gasteiger partial charge on any atom is -0.212 e. The highest BCUT2D eigenvalue weighted by Crippen LogP contribution is 2.13. The SMILES string of the molecule is CC(C)CCS(=O)(=O)NC(C#N)c1ccccc1. The third-order valence-corrected chi connectivity index (χ3v) is 3.89. The van der Waals surface area contributed by atoms with Crippen molar-refractivity contribution in [2.45, 2.75) is 26.3 Å². The first-order valence-corrected chi connectivity index (χ1v) is 7.54. The van der Waals surface area contributed by atoms with Gasteiger partial charge in [-0.05, 0) is 17.9 Å². The minimum absolute atomic E-state index is 0.0513. The molecule has 0 aliphatic carbocycles. The number of nitriles is 1. The predicted molar refractivity (Wildman–Crippen MR) is 71.2 cm³/mol. The van der Waals surface area contributed by atoms with Crippen molar-refractivity contribution in [3.05, 3.63) is 35.9 Å². The van der Waals surface area contributed by atoms with Crippen LogP contribution in [-0.4, -0.2) is 14.2 Å². The van der Waals surface area contributed by atoms with Crippen LogP contribution >= 0.6 is 0 Å². The molecule has 0 spiro atoms. The maximum absolute atomic E-state index is 11.8. The summed E-state index contributed by atoms with van der Waals surface area (Å²) in [4.78, 5) is 0. The number of rotatable bonds is 6. The predicted octanol–water partition coefficient (Wildman–Crippen LogP) is 2.22. The number of sulfonamides is 1. The van der Waals surface area contributed by atoms with Crippen molar-refractivity contribution in [3.8, 4) is 6.07 Å². The summed E-state index contributed by atoms with van der Waals surface area (Å²) in [6, 6.07) is 10.0. The quantitative estimate of drug-likeness (QED) is 0.858. The summed E-state index contributed by atoms with van der Waals surface area (Å²) in [6.07, 6.45) is 0.586. The Labute approximate surface area is 109 Å². The molecule has 0 saturated carbocycles. The molecule has 0 radical (unpaired) electrons. The Hall–Kier alpha value is -1.38. The second kappa shape index (κ2) is 6.53. The van der Waals surface area contributed by atoms with Crippen LogP contribution in [-0.2, 0) is 10.0 Å². The van der Waals surface area contributed by atoms with Gasteiger partial charge in [-0.3, -0.25) is 0 Å². The fraction of sp³-hybridized carbons (Fsp3) is 0.462. The molecule has 1 rings (SSSR count). The molecule has 4 nitrogen and oxygen atoms in total. The maximum atomic E-state index is 11.8. The fourth-order valence-electron chi connectivity index (χ4n) is 1.44. The van der Waals surface area contributed by atoms with E-state index in [1.54, 1.807) is 24.3 Å². The standard InChI is InChI=1S/C13H18N2O2S/c1-11(2)8-9-18(16,17)15-13(10-14)12-6-4-3-5-7-12/h3-7,11,13,15H,8-9H2,1-2H3. The van der Waals surface area contributed by atoms with Gasteiger partial charge in [-0.15, -0.1) is 0 Å². The number of benzene rings is 1. The lowest BCUT2D eigenvalue weighted by molar-refractivity contribution is 0.557. The van der Waals surface area contributed by atoms with Gasteiger partial charge in [0.15, 0.2) is 0 Å². The molecule has 0 fully saturated rings. The van der Waals surface area contributed by atoms with Crippen molar-refractivity contribution in [2.75, 3.05) is 5.75 Å². The molecule has 0 saturated heterocycles. The monoisotopic (exact) mass is 266 g/mol. The van der Waals surface area contributed by atoms with Gasteiger partial charge in [-0.25, -0.2) is 8.42 Å². The summed E-state index contributed by atoms with van der Waals surface area (Å²) < 4.78 is 26.1. The summed E-state index contributed by atoms with van der Waals surface area (Å²) in [7, 11) is -3.41. The van der Waals surface area contributed by atoms with Gasteiger partial charge in [0.05, 0.1) is 11.8 Å². The fourth-order valence-corrected chi connectivity index (χ4v) is 2.89. The Bertz CT molecular complexity index is 504. The molecule has 0 heterocycles. The van der Waals surface area contributed by atoms with E-state index in [1.165, 1.54) is 0 Å². The summed E-state index contributed by atoms with van der Waals surface area (Å²) in [5.41, 5.74) is 0.660. The summed E-state index contributed by atoms with van der Waals surface area (Å²) in [5.74, 6) is 0.370. The zero-order valence-corrected chi connectivity index (χ0v) is 11.4. The van der Waals surface area contributed by atoms with E-state index in [1.807, 2.05) is 26.0 Å². The molecule has 0 aliphatic rings. The number of nitrogens with zero attached hydrogens (tertiary/aromatic N) is 1. The summed E-state index contributed by atoms with van der Waals surface area (Å²) in [6.45, 7) is 3.93. The van der Waals surface area contributed by atoms with Crippen LogP contribution in [0.5, 0.6) is 0 Å². The van der Waals surface area contributed by atoms with Gasteiger partial charge >= 0.3 is 0 Å². The minimum atomic E-state index is -3.41. The Morgan fingerprint density at radius 2 is 1.89 bits per heavy atom. The van der Waals surface area contributed by atoms with Crippen LogP contribution in [0.1, 0.15) is 31.9 Å². The average Bonchev–Trinajstić information content (AvgIpc) is 2.35. The second-order valence-electron chi connectivity index (χ2n) is 4.59. The second-order valence-corrected chi connectivity index (χ2v) is 6.47. The van der Waals surface area contributed by atoms with E-state index in [2.05, 4.69) is 4.72 Å². The molecule has 1 unspecified atom stereocenters. The Morgan fingerprint density at radius 1 is 1.28 bits per heavy atom. The molecule has 1 N–H and O–H groups in total. The van der Waals surface area contributed by atoms with E-state index in [-0.39, 0.29) is 5.75 Å². The van der Waals surface area contributed by atoms with Crippen molar-refractivity contribution in [1.82, 2.24) is 4.72 Å². The van der Waals surface area contributed by atoms with Crippen LogP contribution in [0.25, 0.3) is 0 Å². The number of hydrogen-bond donors (Lipinski definition) is 1. The van der Waals surface area contributed by atoms with Gasteiger partial charge in [-0.2, -0.15) is 9.98 Å². The van der Waals surface area contributed by atoms with Crippen LogP contribution in [0.2, 0.25) is 0 Å². The highest BCUT2D eigenvalue weighted by Gasteiger charge is 2.18. The largest absolute Gasteiger partial charge is 0.213 e. The maximum Gasteiger partial charge on any atom is 0.213 e. The van der Waals surface area contributed by atoms with Gasteiger partial charge in [0.2, 0.25) is 10.0 Å². The summed E-state index contributed by atoms with van der Waals surface area (Å²) >= 11 is 0. The average molecular weight is 266 g/mol. The topological polar surface area (TPSA) is 70.0 Å². The van der Waals surface area contributed by atoms with Gasteiger partial charge < -0.3 is 0 Å². The third kappa shape index (κ3) is 4.86. The molecular weight excluding hydrogens is 248 g/mol. The molecule has 98 valence electrons. The van der Waals surface area contributed by atoms with Gasteiger partial charge in [-0.1, -0.05) is 44.2 Å². The van der Waals surface area contributed by atoms with Crippen LogP contribution in [0.4, 0.5) is 0 Å². The first-order chi connectivity index (χ1) is 8.44. The van der Waals surface area contributed by atoms with Gasteiger partial charge in [0.1, 0.15) is 6.04 Å². The lowest BCUT2D eigenvalue weighted by Crippen LogP contribution is -2.30. The van der Waals surface area contributed by atoms with Gasteiger partial charge in [0, 0.05) is 0 Å². The van der Waals surface area contributed by atoms with Crippen LogP contribution in [0, 0.1) is 17.2 Å². The van der Waals surface area contributed by atoms with E-state index in [0.29, 0.717) is 17.9 Å². The normalized spacial score (nSPS) is 13.2. The highest BCUT2D eigenvalue weighted by atomic mass is 32.2. The van der Waals surface area contributed by atoms with Crippen LogP contribution in [0.3, 0.4) is 0 Å². The molecule has 0 bridgehead atoms. The Balaban J connectivity index is 2.73. The van der Waals surface area contributed by atoms with Crippen molar-refractivity contribution in [1.29, 1.82) is 5.26 Å². The Morgan fingerprint density at radius 3 is 2.39 bits per heavy atom. The van der Waals surface area contributed by atoms with Crippen molar-refractivity contribution in [2.24, 2.45) is 5.92 Å². The summed E-state index contributed by atoms with van der Waals surface area (Å²) in [5, 5.41) is 9.04. The van der Waals surface area contributed by atoms with Crippen molar-refractivity contribution in [3.63, 3.8) is 0 Å². The van der Waals surface area contributed by atoms with Gasteiger partial charge in [0.25, 0.3) is 0 Å². The number of nitrogens with one attached hydrogen (secondary N) is 1. The van der Waals surface area contributed by atoms with E-state index < -0.39 is 16.1 Å².